The van der Waals surface area contributed by atoms with Crippen LogP contribution in [-0.4, -0.2) is 54.4 Å². The highest BCUT2D eigenvalue weighted by Gasteiger charge is 2.18. The van der Waals surface area contributed by atoms with Gasteiger partial charge in [0.15, 0.2) is 0 Å². The third-order valence-corrected chi connectivity index (χ3v) is 26.2. The van der Waals surface area contributed by atoms with Crippen LogP contribution in [0.4, 0.5) is 22.7 Å². The highest BCUT2D eigenvalue weighted by molar-refractivity contribution is 9.11. The molecule has 12 heteroatoms. The van der Waals surface area contributed by atoms with Crippen LogP contribution in [0.1, 0.15) is 47.9 Å². The van der Waals surface area contributed by atoms with Crippen LogP contribution in [0.3, 0.4) is 0 Å². The molecule has 0 bridgehead atoms. The fraction of sp³-hybridized carbons (Fsp3) is 0.167. The number of nitrogens with zero attached hydrogens (tertiary/aromatic N) is 4. The smallest absolute Gasteiger partial charge is 0.0364 e. The quantitative estimate of drug-likeness (QED) is 0.0705. The van der Waals surface area contributed by atoms with E-state index < -0.39 is 0 Å². The highest BCUT2D eigenvalue weighted by Crippen LogP contribution is 2.42. The topological polar surface area (TPSA) is 13.0 Å². The number of hydrogen-bond acceptors (Lipinski definition) is 4. The van der Waals surface area contributed by atoms with Crippen molar-refractivity contribution in [1.29, 1.82) is 0 Å². The van der Waals surface area contributed by atoms with E-state index in [1.807, 2.05) is 0 Å². The van der Waals surface area contributed by atoms with E-state index in [0.29, 0.717) is 0 Å². The van der Waals surface area contributed by atoms with Crippen molar-refractivity contribution in [1.82, 2.24) is 0 Å². The van der Waals surface area contributed by atoms with E-state index in [0.717, 1.165) is 95.4 Å². The summed E-state index contributed by atoms with van der Waals surface area (Å²) in [5.41, 5.74) is 10.8. The van der Waals surface area contributed by atoms with E-state index in [4.69, 9.17) is 0 Å². The van der Waals surface area contributed by atoms with E-state index in [9.17, 15) is 0 Å². The molecule has 4 nitrogen and oxygen atoms in total. The molecule has 0 spiro atoms. The zero-order chi connectivity index (χ0) is 75.2. The normalized spacial score (nSPS) is 11.2. The number of benzene rings is 16. The summed E-state index contributed by atoms with van der Waals surface area (Å²) in [6.45, 7) is 4.11. The van der Waals surface area contributed by atoms with Gasteiger partial charge in [-0.15, -0.1) is 0 Å². The lowest BCUT2D eigenvalue weighted by Crippen LogP contribution is -2.18. The summed E-state index contributed by atoms with van der Waals surface area (Å²) in [6, 6.07) is 104. The van der Waals surface area contributed by atoms with Crippen LogP contribution >= 0.6 is 127 Å². The Labute approximate surface area is 703 Å². The predicted molar refractivity (Wildman–Crippen MR) is 500 cm³/mol. The molecule has 0 fully saturated rings. The molecule has 16 rings (SSSR count). The first-order chi connectivity index (χ1) is 52.6. The molecule has 0 heterocycles. The molecule has 0 N–H and O–H groups in total. The minimum atomic E-state index is 1.03. The van der Waals surface area contributed by atoms with Crippen LogP contribution in [0.5, 0.6) is 0 Å². The van der Waals surface area contributed by atoms with Gasteiger partial charge in [0, 0.05) is 113 Å². The molecule has 0 unspecified atom stereocenters. The monoisotopic (exact) mass is 1920 g/mol. The molecule has 544 valence electrons. The lowest BCUT2D eigenvalue weighted by molar-refractivity contribution is 0.791. The van der Waals surface area contributed by atoms with Crippen molar-refractivity contribution in [3.05, 3.63) is 349 Å². The lowest BCUT2D eigenvalue weighted by atomic mass is 9.94. The van der Waals surface area contributed by atoms with Crippen molar-refractivity contribution in [3.63, 3.8) is 0 Å². The SMILES string of the molecule is CN(CCCc1c2ccccc2c(Br)c2ccccc12)c1ccc(Br)cc1.CN(CCCc1c2ccccc2c(Br)c2ccccc12)c1ccc(Br)cc1.CN(CCCc1c2ccccc2c(Br)c2ccccc12)c1ccc(Br)cc1.CN(CCCc1c2ccccc2c(Br)c2ccccc12)c1ccc(Br)cc1. The van der Waals surface area contributed by atoms with Crippen molar-refractivity contribution in [3.8, 4) is 0 Å². The minimum absolute atomic E-state index is 1.03. The molecule has 0 aliphatic carbocycles. The Morgan fingerprint density at radius 2 is 0.306 bits per heavy atom. The summed E-state index contributed by atoms with van der Waals surface area (Å²) < 4.78 is 9.27. The molecule has 0 aromatic heterocycles. The molecule has 0 saturated carbocycles. The van der Waals surface area contributed by atoms with Gasteiger partial charge in [-0.2, -0.15) is 0 Å². The summed E-state index contributed by atoms with van der Waals surface area (Å²) in [4.78, 5) is 9.32. The van der Waals surface area contributed by atoms with Crippen LogP contribution in [0.15, 0.2) is 327 Å². The van der Waals surface area contributed by atoms with Gasteiger partial charge in [-0.1, -0.05) is 258 Å². The second-order valence-electron chi connectivity index (χ2n) is 27.5. The van der Waals surface area contributed by atoms with Gasteiger partial charge in [0.05, 0.1) is 0 Å². The molecular formula is C96H84Br8N4. The molecule has 0 saturated heterocycles. The maximum atomic E-state index is 3.83. The largest absolute Gasteiger partial charge is 0.375 e. The van der Waals surface area contributed by atoms with Crippen molar-refractivity contribution < 1.29 is 0 Å². The Morgan fingerprint density at radius 3 is 0.444 bits per heavy atom. The third kappa shape index (κ3) is 18.6. The van der Waals surface area contributed by atoms with Gasteiger partial charge in [-0.05, 0) is 321 Å². The second kappa shape index (κ2) is 37.6. The predicted octanol–water partition coefficient (Wildman–Crippen LogP) is 30.3. The molecule has 0 atom stereocenters. The Kier molecular flexibility index (Phi) is 27.4. The molecule has 0 aliphatic heterocycles. The number of rotatable bonds is 20. The minimum Gasteiger partial charge on any atom is -0.375 e. The Bertz CT molecular complexity index is 4830. The molecule has 16 aromatic rings. The van der Waals surface area contributed by atoms with Crippen molar-refractivity contribution in [2.45, 2.75) is 51.4 Å². The van der Waals surface area contributed by atoms with Crippen molar-refractivity contribution in [2.75, 3.05) is 74.0 Å². The lowest BCUT2D eigenvalue weighted by Gasteiger charge is -2.20. The summed E-state index contributed by atoms with van der Waals surface area (Å²) in [6.07, 6.45) is 8.71. The van der Waals surface area contributed by atoms with Gasteiger partial charge in [-0.25, -0.2) is 0 Å². The van der Waals surface area contributed by atoms with Crippen molar-refractivity contribution >= 4 is 236 Å². The van der Waals surface area contributed by atoms with E-state index in [-0.39, 0.29) is 0 Å². The molecule has 0 aliphatic rings. The first-order valence-electron chi connectivity index (χ1n) is 36.8. The van der Waals surface area contributed by atoms with E-state index in [2.05, 4.69) is 466 Å². The maximum absolute atomic E-state index is 3.83. The van der Waals surface area contributed by atoms with E-state index in [1.54, 1.807) is 0 Å². The van der Waals surface area contributed by atoms with Crippen LogP contribution in [-0.2, 0) is 25.7 Å². The molecule has 0 amide bonds. The first kappa shape index (κ1) is 78.8. The van der Waals surface area contributed by atoms with Gasteiger partial charge in [0.25, 0.3) is 0 Å². The molecule has 0 radical (unpaired) electrons. The van der Waals surface area contributed by atoms with Crippen LogP contribution in [0.2, 0.25) is 0 Å². The zero-order valence-corrected chi connectivity index (χ0v) is 73.7. The van der Waals surface area contributed by atoms with Gasteiger partial charge < -0.3 is 19.6 Å². The fourth-order valence-electron chi connectivity index (χ4n) is 15.0. The fourth-order valence-corrected chi connectivity index (χ4v) is 18.8. The van der Waals surface area contributed by atoms with Crippen LogP contribution in [0, 0.1) is 0 Å². The Balaban J connectivity index is 0.000000127. The van der Waals surface area contributed by atoms with Gasteiger partial charge in [0.2, 0.25) is 0 Å². The third-order valence-electron chi connectivity index (χ3n) is 20.7. The standard InChI is InChI=1S/4C24H21Br2N/c4*1-27(18-14-12-17(25)13-15-18)16-6-11-19-20-7-2-4-9-22(20)24(26)23-10-5-3-8-21(19)23/h4*2-5,7-10,12-15H,6,11,16H2,1H3. The molecular weight excluding hydrogens is 1850 g/mol. The average Bonchev–Trinajstić information content (AvgIpc) is 0.780. The molecule has 16 aromatic carbocycles. The average molecular weight is 1930 g/mol. The van der Waals surface area contributed by atoms with E-state index >= 15 is 0 Å². The van der Waals surface area contributed by atoms with Gasteiger partial charge in [-0.3, -0.25) is 0 Å². The summed E-state index contributed by atoms with van der Waals surface area (Å²) in [5, 5.41) is 21.2. The number of halogens is 8. The zero-order valence-electron chi connectivity index (χ0n) is 61.0. The van der Waals surface area contributed by atoms with Crippen LogP contribution < -0.4 is 19.6 Å². The van der Waals surface area contributed by atoms with Gasteiger partial charge >= 0.3 is 0 Å². The van der Waals surface area contributed by atoms with Gasteiger partial charge in [0.1, 0.15) is 0 Å². The van der Waals surface area contributed by atoms with Crippen molar-refractivity contribution in [2.24, 2.45) is 0 Å². The number of aryl methyl sites for hydroxylation is 4. The summed E-state index contributed by atoms with van der Waals surface area (Å²) in [7, 11) is 8.67. The Hall–Kier alpha value is -7.36. The highest BCUT2D eigenvalue weighted by atomic mass is 79.9. The molecule has 108 heavy (non-hydrogen) atoms. The summed E-state index contributed by atoms with van der Waals surface area (Å²) >= 11 is 29.4. The maximum Gasteiger partial charge on any atom is 0.0364 e. The van der Waals surface area contributed by atoms with Crippen LogP contribution in [0.25, 0.3) is 86.2 Å². The number of hydrogen-bond donors (Lipinski definition) is 0. The van der Waals surface area contributed by atoms with E-state index in [1.165, 1.54) is 149 Å². The Morgan fingerprint density at radius 1 is 0.176 bits per heavy atom. The first-order valence-corrected chi connectivity index (χ1v) is 43.1. The summed E-state index contributed by atoms with van der Waals surface area (Å²) in [5.74, 6) is 0. The number of anilines is 4. The number of fused-ring (bicyclic) bond motifs is 8. The second-order valence-corrected chi connectivity index (χ2v) is 34.4.